The van der Waals surface area contributed by atoms with Crippen LogP contribution in [0.25, 0.3) is 0 Å². The molecule has 2 heterocycles. The van der Waals surface area contributed by atoms with Gasteiger partial charge in [-0.05, 0) is 49.3 Å². The second-order valence-electron chi connectivity index (χ2n) is 6.17. The van der Waals surface area contributed by atoms with E-state index in [1.54, 1.807) is 18.3 Å². The summed E-state index contributed by atoms with van der Waals surface area (Å²) >= 11 is 1.66. The lowest BCUT2D eigenvalue weighted by atomic mass is 10.1. The lowest BCUT2D eigenvalue weighted by molar-refractivity contribution is -0.129. The SMILES string of the molecule is CC(=O)N1CCC(NC(=O)NC[C@H](c2ccsc2)N(C)C)CC1. The van der Waals surface area contributed by atoms with Crippen molar-refractivity contribution in [3.05, 3.63) is 22.4 Å². The number of hydrogen-bond donors (Lipinski definition) is 2. The summed E-state index contributed by atoms with van der Waals surface area (Å²) in [6.45, 7) is 3.60. The Morgan fingerprint density at radius 2 is 2.09 bits per heavy atom. The molecule has 1 fully saturated rings. The third-order valence-corrected chi connectivity index (χ3v) is 4.98. The highest BCUT2D eigenvalue weighted by Gasteiger charge is 2.22. The van der Waals surface area contributed by atoms with Gasteiger partial charge in [0, 0.05) is 32.6 Å². The minimum absolute atomic E-state index is 0.109. The van der Waals surface area contributed by atoms with E-state index >= 15 is 0 Å². The van der Waals surface area contributed by atoms with E-state index in [0.717, 1.165) is 25.9 Å². The number of amides is 3. The van der Waals surface area contributed by atoms with Gasteiger partial charge in [-0.1, -0.05) is 0 Å². The first-order chi connectivity index (χ1) is 11.0. The highest BCUT2D eigenvalue weighted by molar-refractivity contribution is 7.07. The number of likely N-dealkylation sites (tertiary alicyclic amines) is 1. The zero-order chi connectivity index (χ0) is 16.8. The van der Waals surface area contributed by atoms with Crippen LogP contribution in [0.3, 0.4) is 0 Å². The highest BCUT2D eigenvalue weighted by atomic mass is 32.1. The molecule has 0 saturated carbocycles. The molecule has 1 aromatic heterocycles. The standard InChI is InChI=1S/C16H26N4O2S/c1-12(21)20-7-4-14(5-8-20)18-16(22)17-10-15(19(2)3)13-6-9-23-11-13/h6,9,11,14-15H,4-5,7-8,10H2,1-3H3,(H2,17,18,22)/t15-/m1/s1. The van der Waals surface area contributed by atoms with Crippen LogP contribution in [-0.2, 0) is 4.79 Å². The maximum Gasteiger partial charge on any atom is 0.315 e. The summed E-state index contributed by atoms with van der Waals surface area (Å²) < 4.78 is 0. The second kappa shape index (κ2) is 8.31. The van der Waals surface area contributed by atoms with Gasteiger partial charge in [0.25, 0.3) is 0 Å². The number of likely N-dealkylation sites (N-methyl/N-ethyl adjacent to an activating group) is 1. The largest absolute Gasteiger partial charge is 0.343 e. The van der Waals surface area contributed by atoms with Crippen LogP contribution >= 0.6 is 11.3 Å². The van der Waals surface area contributed by atoms with E-state index in [2.05, 4.69) is 32.4 Å². The van der Waals surface area contributed by atoms with Crippen LogP contribution in [0.5, 0.6) is 0 Å². The van der Waals surface area contributed by atoms with Gasteiger partial charge < -0.3 is 20.4 Å². The van der Waals surface area contributed by atoms with Crippen molar-refractivity contribution < 1.29 is 9.59 Å². The van der Waals surface area contributed by atoms with Gasteiger partial charge in [-0.2, -0.15) is 11.3 Å². The molecule has 7 heteroatoms. The van der Waals surface area contributed by atoms with Crippen molar-refractivity contribution in [1.29, 1.82) is 0 Å². The van der Waals surface area contributed by atoms with Crippen molar-refractivity contribution >= 4 is 23.3 Å². The molecule has 1 atom stereocenters. The number of thiophene rings is 1. The van der Waals surface area contributed by atoms with E-state index in [1.165, 1.54) is 5.56 Å². The first-order valence-corrected chi connectivity index (χ1v) is 8.90. The second-order valence-corrected chi connectivity index (χ2v) is 6.95. The molecule has 1 aliphatic heterocycles. The third kappa shape index (κ3) is 5.21. The summed E-state index contributed by atoms with van der Waals surface area (Å²) in [6, 6.07) is 2.27. The molecule has 0 spiro atoms. The van der Waals surface area contributed by atoms with E-state index in [-0.39, 0.29) is 24.0 Å². The normalized spacial score (nSPS) is 17.1. The maximum absolute atomic E-state index is 12.1. The predicted octanol–water partition coefficient (Wildman–Crippen LogP) is 1.66. The van der Waals surface area contributed by atoms with Crippen LogP contribution in [0.15, 0.2) is 16.8 Å². The zero-order valence-corrected chi connectivity index (χ0v) is 14.9. The van der Waals surface area contributed by atoms with Crippen LogP contribution in [0.4, 0.5) is 4.79 Å². The Labute approximate surface area is 141 Å². The Kier molecular flexibility index (Phi) is 6.41. The van der Waals surface area contributed by atoms with Gasteiger partial charge in [0.2, 0.25) is 5.91 Å². The van der Waals surface area contributed by atoms with E-state index in [0.29, 0.717) is 6.54 Å². The van der Waals surface area contributed by atoms with Gasteiger partial charge in [-0.15, -0.1) is 0 Å². The quantitative estimate of drug-likeness (QED) is 0.858. The number of nitrogens with one attached hydrogen (secondary N) is 2. The summed E-state index contributed by atoms with van der Waals surface area (Å²) in [5.74, 6) is 0.109. The molecule has 0 aromatic carbocycles. The zero-order valence-electron chi connectivity index (χ0n) is 14.0. The minimum Gasteiger partial charge on any atom is -0.343 e. The Hall–Kier alpha value is -1.60. The molecule has 0 unspecified atom stereocenters. The molecular weight excluding hydrogens is 312 g/mol. The van der Waals surface area contributed by atoms with Gasteiger partial charge in [0.1, 0.15) is 0 Å². The summed E-state index contributed by atoms with van der Waals surface area (Å²) in [5.41, 5.74) is 1.22. The molecule has 0 bridgehead atoms. The van der Waals surface area contributed by atoms with Gasteiger partial charge >= 0.3 is 6.03 Å². The smallest absolute Gasteiger partial charge is 0.315 e. The number of hydrogen-bond acceptors (Lipinski definition) is 4. The molecule has 0 radical (unpaired) electrons. The number of nitrogens with zero attached hydrogens (tertiary/aromatic N) is 2. The first-order valence-electron chi connectivity index (χ1n) is 7.95. The molecular formula is C16H26N4O2S. The van der Waals surface area contributed by atoms with E-state index in [4.69, 9.17) is 0 Å². The number of carbonyl (C=O) groups is 2. The molecule has 128 valence electrons. The van der Waals surface area contributed by atoms with E-state index in [9.17, 15) is 9.59 Å². The molecule has 1 aromatic rings. The molecule has 1 saturated heterocycles. The molecule has 1 aliphatic rings. The maximum atomic E-state index is 12.1. The average molecular weight is 338 g/mol. The predicted molar refractivity (Wildman–Crippen MR) is 92.6 cm³/mol. The number of piperidine rings is 1. The van der Waals surface area contributed by atoms with Crippen LogP contribution in [-0.4, -0.2) is 61.5 Å². The summed E-state index contributed by atoms with van der Waals surface area (Å²) in [7, 11) is 4.03. The Morgan fingerprint density at radius 3 is 2.61 bits per heavy atom. The highest BCUT2D eigenvalue weighted by Crippen LogP contribution is 2.20. The Bertz CT molecular complexity index is 510. The van der Waals surface area contributed by atoms with Crippen molar-refractivity contribution in [3.8, 4) is 0 Å². The molecule has 23 heavy (non-hydrogen) atoms. The third-order valence-electron chi connectivity index (χ3n) is 4.28. The fourth-order valence-corrected chi connectivity index (χ4v) is 3.53. The van der Waals surface area contributed by atoms with Gasteiger partial charge in [-0.3, -0.25) is 4.79 Å². The monoisotopic (exact) mass is 338 g/mol. The van der Waals surface area contributed by atoms with Gasteiger partial charge in [0.15, 0.2) is 0 Å². The molecule has 3 amide bonds. The summed E-state index contributed by atoms with van der Waals surface area (Å²) in [4.78, 5) is 27.3. The van der Waals surface area contributed by atoms with Crippen molar-refractivity contribution in [2.75, 3.05) is 33.7 Å². The number of urea groups is 1. The fourth-order valence-electron chi connectivity index (χ4n) is 2.83. The average Bonchev–Trinajstić information content (AvgIpc) is 3.01. The van der Waals surface area contributed by atoms with Gasteiger partial charge in [-0.25, -0.2) is 4.79 Å². The topological polar surface area (TPSA) is 64.7 Å². The Morgan fingerprint density at radius 1 is 1.39 bits per heavy atom. The summed E-state index contributed by atoms with van der Waals surface area (Å²) in [5, 5.41) is 10.1. The molecule has 2 rings (SSSR count). The lowest BCUT2D eigenvalue weighted by Crippen LogP contribution is -2.49. The van der Waals surface area contributed by atoms with Crippen molar-refractivity contribution in [3.63, 3.8) is 0 Å². The molecule has 0 aliphatic carbocycles. The molecule has 2 N–H and O–H groups in total. The first kappa shape index (κ1) is 17.7. The van der Waals surface area contributed by atoms with Crippen molar-refractivity contribution in [2.24, 2.45) is 0 Å². The minimum atomic E-state index is -0.131. The fraction of sp³-hybridized carbons (Fsp3) is 0.625. The lowest BCUT2D eigenvalue weighted by Gasteiger charge is -2.32. The van der Waals surface area contributed by atoms with E-state index in [1.807, 2.05) is 19.0 Å². The summed E-state index contributed by atoms with van der Waals surface area (Å²) in [6.07, 6.45) is 1.63. The number of rotatable bonds is 5. The van der Waals surface area contributed by atoms with Crippen molar-refractivity contribution in [2.45, 2.75) is 31.8 Å². The van der Waals surface area contributed by atoms with Crippen LogP contribution < -0.4 is 10.6 Å². The molecule has 6 nitrogen and oxygen atoms in total. The van der Waals surface area contributed by atoms with Crippen LogP contribution in [0.1, 0.15) is 31.4 Å². The van der Waals surface area contributed by atoms with Crippen LogP contribution in [0.2, 0.25) is 0 Å². The van der Waals surface area contributed by atoms with E-state index < -0.39 is 0 Å². The number of carbonyl (C=O) groups excluding carboxylic acids is 2. The van der Waals surface area contributed by atoms with Crippen molar-refractivity contribution in [1.82, 2.24) is 20.4 Å². The van der Waals surface area contributed by atoms with Crippen LogP contribution in [0, 0.1) is 0 Å². The van der Waals surface area contributed by atoms with Gasteiger partial charge in [0.05, 0.1) is 6.04 Å². The Balaban J connectivity index is 1.75.